The van der Waals surface area contributed by atoms with E-state index in [9.17, 15) is 9.59 Å². The van der Waals surface area contributed by atoms with Gasteiger partial charge in [0.25, 0.3) is 5.56 Å². The van der Waals surface area contributed by atoms with E-state index in [0.717, 1.165) is 30.3 Å². The molecule has 3 aromatic rings. The molecule has 1 fully saturated rings. The molecule has 2 aromatic heterocycles. The van der Waals surface area contributed by atoms with Crippen LogP contribution in [0.3, 0.4) is 0 Å². The molecule has 2 amide bonds. The highest BCUT2D eigenvalue weighted by molar-refractivity contribution is 5.92. The summed E-state index contributed by atoms with van der Waals surface area (Å²) in [5.74, 6) is 0. The highest BCUT2D eigenvalue weighted by Crippen LogP contribution is 2.22. The minimum atomic E-state index is -0.132. The predicted octanol–water partition coefficient (Wildman–Crippen LogP) is 1.83. The van der Waals surface area contributed by atoms with E-state index in [2.05, 4.69) is 15.6 Å². The Hall–Kier alpha value is -3.16. The number of rotatable bonds is 3. The smallest absolute Gasteiger partial charge is 0.320 e. The number of likely N-dealkylation sites (tertiary alicyclic amines) is 1. The van der Waals surface area contributed by atoms with E-state index < -0.39 is 0 Å². The Morgan fingerprint density at radius 3 is 2.96 bits per heavy atom. The van der Waals surface area contributed by atoms with Gasteiger partial charge in [-0.2, -0.15) is 0 Å². The van der Waals surface area contributed by atoms with Gasteiger partial charge in [0.15, 0.2) is 0 Å². The zero-order valence-electron chi connectivity index (χ0n) is 14.5. The molecule has 0 radical (unpaired) electrons. The lowest BCUT2D eigenvalue weighted by Crippen LogP contribution is -2.40. The molecule has 1 atom stereocenters. The Kier molecular flexibility index (Phi) is 4.16. The van der Waals surface area contributed by atoms with Gasteiger partial charge in [-0.05, 0) is 36.4 Å². The quantitative estimate of drug-likeness (QED) is 0.779. The Morgan fingerprint density at radius 1 is 1.31 bits per heavy atom. The molecule has 1 N–H and O–H groups in total. The van der Waals surface area contributed by atoms with Crippen molar-refractivity contribution in [1.29, 1.82) is 0 Å². The SMILES string of the molecule is Cn1c(=O)ccc2ccc(NC(=O)N3CCC[C@H]3Cn3ccnn3)cc21. The van der Waals surface area contributed by atoms with Gasteiger partial charge in [0, 0.05) is 31.5 Å². The normalized spacial score (nSPS) is 17.0. The van der Waals surface area contributed by atoms with E-state index in [4.69, 9.17) is 0 Å². The van der Waals surface area contributed by atoms with Crippen molar-refractivity contribution in [2.75, 3.05) is 11.9 Å². The van der Waals surface area contributed by atoms with Gasteiger partial charge in [-0.1, -0.05) is 11.3 Å². The molecule has 26 heavy (non-hydrogen) atoms. The van der Waals surface area contributed by atoms with Crippen LogP contribution in [0.15, 0.2) is 47.5 Å². The van der Waals surface area contributed by atoms with E-state index in [1.165, 1.54) is 0 Å². The summed E-state index contributed by atoms with van der Waals surface area (Å²) in [6, 6.07) is 8.89. The van der Waals surface area contributed by atoms with Crippen molar-refractivity contribution in [2.24, 2.45) is 7.05 Å². The van der Waals surface area contributed by atoms with Crippen LogP contribution in [-0.4, -0.2) is 43.1 Å². The van der Waals surface area contributed by atoms with Crippen LogP contribution < -0.4 is 10.9 Å². The fourth-order valence-electron chi connectivity index (χ4n) is 3.48. The third kappa shape index (κ3) is 3.05. The minimum absolute atomic E-state index is 0.0755. The third-order valence-corrected chi connectivity index (χ3v) is 4.89. The number of anilines is 1. The fraction of sp³-hybridized carbons (Fsp3) is 0.333. The molecule has 3 heterocycles. The van der Waals surface area contributed by atoms with Crippen molar-refractivity contribution < 1.29 is 4.79 Å². The van der Waals surface area contributed by atoms with E-state index in [1.807, 2.05) is 23.1 Å². The van der Waals surface area contributed by atoms with Crippen LogP contribution in [0.1, 0.15) is 12.8 Å². The Morgan fingerprint density at radius 2 is 2.15 bits per heavy atom. The summed E-state index contributed by atoms with van der Waals surface area (Å²) in [5.41, 5.74) is 1.39. The Labute approximate surface area is 150 Å². The molecule has 0 unspecified atom stereocenters. The predicted molar refractivity (Wildman–Crippen MR) is 98.0 cm³/mol. The van der Waals surface area contributed by atoms with Crippen LogP contribution in [0.25, 0.3) is 10.9 Å². The first kappa shape index (κ1) is 16.3. The number of nitrogens with one attached hydrogen (secondary N) is 1. The van der Waals surface area contributed by atoms with E-state index in [1.54, 1.807) is 40.8 Å². The molecular formula is C18H20N6O2. The van der Waals surface area contributed by atoms with E-state index >= 15 is 0 Å². The first-order valence-corrected chi connectivity index (χ1v) is 8.63. The van der Waals surface area contributed by atoms with Crippen LogP contribution in [0.4, 0.5) is 10.5 Å². The van der Waals surface area contributed by atoms with Gasteiger partial charge >= 0.3 is 6.03 Å². The number of hydrogen-bond acceptors (Lipinski definition) is 4. The highest BCUT2D eigenvalue weighted by atomic mass is 16.2. The number of aryl methyl sites for hydroxylation is 1. The van der Waals surface area contributed by atoms with Gasteiger partial charge in [-0.25, -0.2) is 4.79 Å². The molecule has 8 heteroatoms. The van der Waals surface area contributed by atoms with Crippen molar-refractivity contribution in [3.05, 3.63) is 53.1 Å². The Balaban J connectivity index is 1.53. The zero-order chi connectivity index (χ0) is 18.1. The molecule has 1 aliphatic heterocycles. The first-order chi connectivity index (χ1) is 12.6. The third-order valence-electron chi connectivity index (χ3n) is 4.89. The van der Waals surface area contributed by atoms with E-state index in [0.29, 0.717) is 12.2 Å². The van der Waals surface area contributed by atoms with Gasteiger partial charge in [0.2, 0.25) is 0 Å². The molecule has 134 valence electrons. The molecule has 4 rings (SSSR count). The van der Waals surface area contributed by atoms with E-state index in [-0.39, 0.29) is 17.6 Å². The number of nitrogens with zero attached hydrogens (tertiary/aromatic N) is 5. The number of aromatic nitrogens is 4. The molecule has 0 aliphatic carbocycles. The van der Waals surface area contributed by atoms with Gasteiger partial charge < -0.3 is 14.8 Å². The Bertz CT molecular complexity index is 995. The summed E-state index contributed by atoms with van der Waals surface area (Å²) in [4.78, 5) is 26.4. The number of pyridine rings is 1. The van der Waals surface area contributed by atoms with Crippen molar-refractivity contribution in [3.63, 3.8) is 0 Å². The first-order valence-electron chi connectivity index (χ1n) is 8.63. The second kappa shape index (κ2) is 6.62. The van der Waals surface area contributed by atoms with Crippen molar-refractivity contribution in [3.8, 4) is 0 Å². The molecular weight excluding hydrogens is 332 g/mol. The zero-order valence-corrected chi connectivity index (χ0v) is 14.5. The summed E-state index contributed by atoms with van der Waals surface area (Å²) < 4.78 is 3.33. The second-order valence-corrected chi connectivity index (χ2v) is 6.55. The maximum absolute atomic E-state index is 12.7. The topological polar surface area (TPSA) is 85.0 Å². The number of amides is 2. The molecule has 0 bridgehead atoms. The van der Waals surface area contributed by atoms with Crippen molar-refractivity contribution in [2.45, 2.75) is 25.4 Å². The summed E-state index contributed by atoms with van der Waals surface area (Å²) in [6.45, 7) is 1.36. The number of carbonyl (C=O) groups excluding carboxylic acids is 1. The molecule has 0 saturated carbocycles. The summed E-state index contributed by atoms with van der Waals surface area (Å²) in [5, 5.41) is 11.7. The largest absolute Gasteiger partial charge is 0.322 e. The van der Waals surface area contributed by atoms with Crippen molar-refractivity contribution >= 4 is 22.6 Å². The molecule has 1 aliphatic rings. The average molecular weight is 352 g/mol. The van der Waals surface area contributed by atoms with Crippen LogP contribution in [0, 0.1) is 0 Å². The van der Waals surface area contributed by atoms with Crippen LogP contribution in [0.5, 0.6) is 0 Å². The lowest BCUT2D eigenvalue weighted by Gasteiger charge is -2.25. The summed E-state index contributed by atoms with van der Waals surface area (Å²) >= 11 is 0. The monoisotopic (exact) mass is 352 g/mol. The van der Waals surface area contributed by atoms with Gasteiger partial charge in [-0.3, -0.25) is 9.48 Å². The summed E-state index contributed by atoms with van der Waals surface area (Å²) in [7, 11) is 1.73. The number of carbonyl (C=O) groups is 1. The fourth-order valence-corrected chi connectivity index (χ4v) is 3.48. The standard InChI is InChI=1S/C18H20N6O2/c1-22-16-11-14(6-4-13(16)5-7-17(22)25)20-18(26)24-9-2-3-15(24)12-23-10-8-19-21-23/h4-8,10-11,15H,2-3,9,12H2,1H3,(H,20,26)/t15-/m0/s1. The average Bonchev–Trinajstić information content (AvgIpc) is 3.31. The molecule has 8 nitrogen and oxygen atoms in total. The lowest BCUT2D eigenvalue weighted by molar-refractivity contribution is 0.199. The van der Waals surface area contributed by atoms with Crippen LogP contribution in [-0.2, 0) is 13.6 Å². The lowest BCUT2D eigenvalue weighted by atomic mass is 10.2. The number of benzene rings is 1. The maximum atomic E-state index is 12.7. The molecule has 1 saturated heterocycles. The number of hydrogen-bond donors (Lipinski definition) is 1. The maximum Gasteiger partial charge on any atom is 0.322 e. The van der Waals surface area contributed by atoms with Gasteiger partial charge in [0.1, 0.15) is 0 Å². The van der Waals surface area contributed by atoms with Crippen LogP contribution >= 0.6 is 0 Å². The van der Waals surface area contributed by atoms with Crippen LogP contribution in [0.2, 0.25) is 0 Å². The van der Waals surface area contributed by atoms with Gasteiger partial charge in [-0.15, -0.1) is 5.10 Å². The van der Waals surface area contributed by atoms with Gasteiger partial charge in [0.05, 0.1) is 24.3 Å². The molecule has 1 aromatic carbocycles. The highest BCUT2D eigenvalue weighted by Gasteiger charge is 2.29. The minimum Gasteiger partial charge on any atom is -0.320 e. The van der Waals surface area contributed by atoms with Crippen molar-refractivity contribution in [1.82, 2.24) is 24.5 Å². The second-order valence-electron chi connectivity index (χ2n) is 6.55. The number of fused-ring (bicyclic) bond motifs is 1. The molecule has 0 spiro atoms. The number of urea groups is 1. The summed E-state index contributed by atoms with van der Waals surface area (Å²) in [6.07, 6.45) is 5.36.